The molecule has 1 aliphatic rings. The van der Waals surface area contributed by atoms with Gasteiger partial charge in [0.05, 0.1) is 19.1 Å². The monoisotopic (exact) mass is 394 g/mol. The number of anilines is 1. The summed E-state index contributed by atoms with van der Waals surface area (Å²) in [5, 5.41) is 0. The van der Waals surface area contributed by atoms with Crippen LogP contribution < -0.4 is 14.4 Å². The molecule has 8 heteroatoms. The normalized spacial score (nSPS) is 15.6. The van der Waals surface area contributed by atoms with Gasteiger partial charge in [-0.25, -0.2) is 12.8 Å². The summed E-state index contributed by atoms with van der Waals surface area (Å²) in [6.07, 6.45) is 0. The number of hydrogen-bond donors (Lipinski definition) is 0. The molecule has 2 aromatic carbocycles. The molecule has 27 heavy (non-hydrogen) atoms. The van der Waals surface area contributed by atoms with Crippen molar-refractivity contribution in [2.24, 2.45) is 0 Å². The summed E-state index contributed by atoms with van der Waals surface area (Å²) in [7, 11) is -0.473. The average molecular weight is 394 g/mol. The molecule has 2 aromatic rings. The molecule has 0 radical (unpaired) electrons. The SMILES string of the molecule is COc1ccc(N2CCN(S(=O)(=O)c3ccc(F)c(C)c3)CC2)cc1OC. The fraction of sp³-hybridized carbons (Fsp3) is 0.368. The van der Waals surface area contributed by atoms with Crippen LogP contribution in [-0.2, 0) is 10.0 Å². The number of benzene rings is 2. The molecular formula is C19H23FN2O4S. The summed E-state index contributed by atoms with van der Waals surface area (Å²) in [5.74, 6) is 0.869. The minimum atomic E-state index is -3.64. The van der Waals surface area contributed by atoms with Gasteiger partial charge >= 0.3 is 0 Å². The van der Waals surface area contributed by atoms with Crippen molar-refractivity contribution in [2.45, 2.75) is 11.8 Å². The Bertz CT molecular complexity index is 925. The molecule has 1 aliphatic heterocycles. The quantitative estimate of drug-likeness (QED) is 0.780. The van der Waals surface area contributed by atoms with E-state index in [1.165, 1.54) is 22.5 Å². The first-order chi connectivity index (χ1) is 12.9. The van der Waals surface area contributed by atoms with Gasteiger partial charge in [-0.15, -0.1) is 0 Å². The average Bonchev–Trinajstić information content (AvgIpc) is 2.69. The van der Waals surface area contributed by atoms with E-state index in [4.69, 9.17) is 9.47 Å². The number of halogens is 1. The molecule has 0 aliphatic carbocycles. The molecule has 146 valence electrons. The third kappa shape index (κ3) is 3.86. The molecule has 0 amide bonds. The van der Waals surface area contributed by atoms with Gasteiger partial charge in [-0.1, -0.05) is 0 Å². The van der Waals surface area contributed by atoms with E-state index >= 15 is 0 Å². The van der Waals surface area contributed by atoms with Crippen molar-refractivity contribution in [3.05, 3.63) is 47.8 Å². The van der Waals surface area contributed by atoms with Gasteiger partial charge in [0, 0.05) is 37.9 Å². The summed E-state index contributed by atoms with van der Waals surface area (Å²) in [6, 6.07) is 9.53. The maximum atomic E-state index is 13.4. The first-order valence-corrected chi connectivity index (χ1v) is 10.0. The van der Waals surface area contributed by atoms with Gasteiger partial charge in [0.1, 0.15) is 5.82 Å². The van der Waals surface area contributed by atoms with E-state index in [1.807, 2.05) is 18.2 Å². The molecule has 1 heterocycles. The minimum Gasteiger partial charge on any atom is -0.493 e. The smallest absolute Gasteiger partial charge is 0.243 e. The van der Waals surface area contributed by atoms with E-state index in [0.717, 1.165) is 5.69 Å². The Morgan fingerprint density at radius 3 is 2.19 bits per heavy atom. The Morgan fingerprint density at radius 1 is 0.926 bits per heavy atom. The van der Waals surface area contributed by atoms with E-state index in [1.54, 1.807) is 21.1 Å². The molecule has 0 aromatic heterocycles. The van der Waals surface area contributed by atoms with Crippen LogP contribution in [0.2, 0.25) is 0 Å². The maximum Gasteiger partial charge on any atom is 0.243 e. The summed E-state index contributed by atoms with van der Waals surface area (Å²) in [5.41, 5.74) is 1.27. The number of sulfonamides is 1. The van der Waals surface area contributed by atoms with Crippen molar-refractivity contribution in [3.8, 4) is 11.5 Å². The highest BCUT2D eigenvalue weighted by Crippen LogP contribution is 2.32. The van der Waals surface area contributed by atoms with Crippen LogP contribution in [0.15, 0.2) is 41.3 Å². The minimum absolute atomic E-state index is 0.126. The highest BCUT2D eigenvalue weighted by molar-refractivity contribution is 7.89. The maximum absolute atomic E-state index is 13.4. The standard InChI is InChI=1S/C19H23FN2O4S/c1-14-12-16(5-6-17(14)20)27(23,24)22-10-8-21(9-11-22)15-4-7-18(25-2)19(13-15)26-3/h4-7,12-13H,8-11H2,1-3H3. The topological polar surface area (TPSA) is 59.1 Å². The van der Waals surface area contributed by atoms with E-state index < -0.39 is 15.8 Å². The van der Waals surface area contributed by atoms with E-state index in [0.29, 0.717) is 43.2 Å². The third-order valence-electron chi connectivity index (χ3n) is 4.74. The number of rotatable bonds is 5. The zero-order valence-corrected chi connectivity index (χ0v) is 16.4. The number of hydrogen-bond acceptors (Lipinski definition) is 5. The van der Waals surface area contributed by atoms with Gasteiger partial charge in [-0.05, 0) is 42.8 Å². The lowest BCUT2D eigenvalue weighted by Gasteiger charge is -2.35. The Kier molecular flexibility index (Phi) is 5.57. The molecular weight excluding hydrogens is 371 g/mol. The lowest BCUT2D eigenvalue weighted by Crippen LogP contribution is -2.48. The molecule has 0 unspecified atom stereocenters. The summed E-state index contributed by atoms with van der Waals surface area (Å²) in [6.45, 7) is 3.37. The largest absolute Gasteiger partial charge is 0.493 e. The van der Waals surface area contributed by atoms with Crippen molar-refractivity contribution < 1.29 is 22.3 Å². The van der Waals surface area contributed by atoms with Gasteiger partial charge < -0.3 is 14.4 Å². The highest BCUT2D eigenvalue weighted by Gasteiger charge is 2.29. The van der Waals surface area contributed by atoms with Gasteiger partial charge in [0.25, 0.3) is 0 Å². The van der Waals surface area contributed by atoms with E-state index in [-0.39, 0.29) is 4.90 Å². The molecule has 0 saturated carbocycles. The molecule has 1 fully saturated rings. The predicted octanol–water partition coefficient (Wildman–Crippen LogP) is 2.66. The molecule has 0 bridgehead atoms. The molecule has 6 nitrogen and oxygen atoms in total. The second-order valence-electron chi connectivity index (χ2n) is 6.34. The van der Waals surface area contributed by atoms with Crippen LogP contribution in [0.25, 0.3) is 0 Å². The fourth-order valence-electron chi connectivity index (χ4n) is 3.13. The second-order valence-corrected chi connectivity index (χ2v) is 8.28. The van der Waals surface area contributed by atoms with Gasteiger partial charge in [0.15, 0.2) is 11.5 Å². The third-order valence-corrected chi connectivity index (χ3v) is 6.63. The lowest BCUT2D eigenvalue weighted by molar-refractivity contribution is 0.354. The number of aryl methyl sites for hydroxylation is 1. The van der Waals surface area contributed by atoms with E-state index in [2.05, 4.69) is 4.90 Å². The van der Waals surface area contributed by atoms with Gasteiger partial charge in [-0.3, -0.25) is 0 Å². The van der Waals surface area contributed by atoms with Gasteiger partial charge in [0.2, 0.25) is 10.0 Å². The van der Waals surface area contributed by atoms with Crippen LogP contribution in [0.4, 0.5) is 10.1 Å². The highest BCUT2D eigenvalue weighted by atomic mass is 32.2. The molecule has 0 spiro atoms. The van der Waals surface area contributed by atoms with Crippen LogP contribution in [0.1, 0.15) is 5.56 Å². The molecule has 1 saturated heterocycles. The Hall–Kier alpha value is -2.32. The van der Waals surface area contributed by atoms with Crippen molar-refractivity contribution in [3.63, 3.8) is 0 Å². The van der Waals surface area contributed by atoms with Gasteiger partial charge in [-0.2, -0.15) is 4.31 Å². The van der Waals surface area contributed by atoms with Crippen LogP contribution in [0, 0.1) is 12.7 Å². The molecule has 0 atom stereocenters. The summed E-state index contributed by atoms with van der Waals surface area (Å²) >= 11 is 0. The van der Waals surface area contributed by atoms with Crippen molar-refractivity contribution in [2.75, 3.05) is 45.3 Å². The number of methoxy groups -OCH3 is 2. The first-order valence-electron chi connectivity index (χ1n) is 8.60. The molecule has 3 rings (SSSR count). The Balaban J connectivity index is 1.74. The van der Waals surface area contributed by atoms with Crippen molar-refractivity contribution in [1.29, 1.82) is 0 Å². The Labute approximate surface area is 159 Å². The van der Waals surface area contributed by atoms with Crippen LogP contribution >= 0.6 is 0 Å². The number of piperazine rings is 1. The predicted molar refractivity (Wildman–Crippen MR) is 102 cm³/mol. The van der Waals surface area contributed by atoms with Crippen LogP contribution in [0.5, 0.6) is 11.5 Å². The second kappa shape index (κ2) is 7.74. The van der Waals surface area contributed by atoms with Crippen molar-refractivity contribution in [1.82, 2.24) is 4.31 Å². The fourth-order valence-corrected chi connectivity index (χ4v) is 4.64. The zero-order valence-electron chi connectivity index (χ0n) is 15.6. The lowest BCUT2D eigenvalue weighted by atomic mass is 10.2. The summed E-state index contributed by atoms with van der Waals surface area (Å²) < 4.78 is 51.1. The first kappa shape index (κ1) is 19.4. The van der Waals surface area contributed by atoms with Crippen molar-refractivity contribution >= 4 is 15.7 Å². The number of nitrogens with zero attached hydrogens (tertiary/aromatic N) is 2. The van der Waals surface area contributed by atoms with Crippen LogP contribution in [-0.4, -0.2) is 53.1 Å². The summed E-state index contributed by atoms with van der Waals surface area (Å²) in [4.78, 5) is 2.23. The Morgan fingerprint density at radius 2 is 1.59 bits per heavy atom. The zero-order chi connectivity index (χ0) is 19.6. The molecule has 0 N–H and O–H groups in total. The van der Waals surface area contributed by atoms with E-state index in [9.17, 15) is 12.8 Å². The van der Waals surface area contributed by atoms with Crippen LogP contribution in [0.3, 0.4) is 0 Å². The number of ether oxygens (including phenoxy) is 2.